The van der Waals surface area contributed by atoms with Gasteiger partial charge in [-0.3, -0.25) is 0 Å². The first-order valence-corrected chi connectivity index (χ1v) is 9.84. The molecular weight excluding hydrogens is 374 g/mol. The lowest BCUT2D eigenvalue weighted by molar-refractivity contribution is 0.576. The summed E-state index contributed by atoms with van der Waals surface area (Å²) >= 11 is 0. The van der Waals surface area contributed by atoms with Crippen molar-refractivity contribution in [3.8, 4) is 0 Å². The molecule has 2 aromatic rings. The van der Waals surface area contributed by atoms with Gasteiger partial charge in [-0.2, -0.15) is 0 Å². The van der Waals surface area contributed by atoms with Crippen molar-refractivity contribution in [3.63, 3.8) is 0 Å². The van der Waals surface area contributed by atoms with E-state index in [1.807, 2.05) is 38.1 Å². The summed E-state index contributed by atoms with van der Waals surface area (Å²) in [5.74, 6) is 0.508. The summed E-state index contributed by atoms with van der Waals surface area (Å²) < 4.78 is 28.2. The topological polar surface area (TPSA) is 55.8 Å². The second-order valence-electron chi connectivity index (χ2n) is 7.22. The molecule has 0 aliphatic carbocycles. The number of hydrogen-bond donors (Lipinski definition) is 2. The molecule has 8 heteroatoms. The first-order valence-electron chi connectivity index (χ1n) is 9.84. The van der Waals surface area contributed by atoms with Crippen LogP contribution in [0.2, 0.25) is 0 Å². The zero-order valence-corrected chi connectivity index (χ0v) is 17.1. The van der Waals surface area contributed by atoms with Crippen LogP contribution in [0.3, 0.4) is 0 Å². The van der Waals surface area contributed by atoms with Crippen LogP contribution >= 0.6 is 0 Å². The highest BCUT2D eigenvalue weighted by atomic mass is 19.1. The molecule has 1 fully saturated rings. The highest BCUT2D eigenvalue weighted by Gasteiger charge is 2.27. The second-order valence-corrected chi connectivity index (χ2v) is 7.22. The number of guanidine groups is 1. The van der Waals surface area contributed by atoms with Crippen LogP contribution in [-0.4, -0.2) is 50.7 Å². The lowest BCUT2D eigenvalue weighted by Crippen LogP contribution is -2.44. The van der Waals surface area contributed by atoms with Crippen LogP contribution in [-0.2, 0) is 6.54 Å². The van der Waals surface area contributed by atoms with Crippen molar-refractivity contribution in [2.24, 2.45) is 4.99 Å². The van der Waals surface area contributed by atoms with Crippen LogP contribution in [0.5, 0.6) is 0 Å². The minimum atomic E-state index is -0.529. The van der Waals surface area contributed by atoms with Gasteiger partial charge >= 0.3 is 0 Å². The number of halogens is 2. The molecule has 1 aromatic heterocycles. The molecule has 1 atom stereocenters. The third kappa shape index (κ3) is 5.13. The van der Waals surface area contributed by atoms with Gasteiger partial charge in [0, 0.05) is 51.5 Å². The number of aliphatic imine (C=N–C) groups is 1. The van der Waals surface area contributed by atoms with Crippen molar-refractivity contribution < 1.29 is 8.78 Å². The van der Waals surface area contributed by atoms with E-state index < -0.39 is 11.6 Å². The Kier molecular flexibility index (Phi) is 6.85. The summed E-state index contributed by atoms with van der Waals surface area (Å²) in [6.45, 7) is 4.30. The summed E-state index contributed by atoms with van der Waals surface area (Å²) in [5, 5.41) is 6.64. The standard InChI is InChI=1S/C21H28F2N6/c1-4-24-21(26-13-15-7-6-11-25-20(15)28(2)3)27-16-10-12-29(14-16)19-17(22)8-5-9-18(19)23/h5-9,11,16H,4,10,12-14H2,1-3H3,(H2,24,26,27). The molecule has 2 N–H and O–H groups in total. The van der Waals surface area contributed by atoms with E-state index in [9.17, 15) is 8.78 Å². The quantitative estimate of drug-likeness (QED) is 0.575. The average molecular weight is 402 g/mol. The SMILES string of the molecule is CCNC(=NCc1cccnc1N(C)C)NC1CCN(c2c(F)cccc2F)C1. The average Bonchev–Trinajstić information content (AvgIpc) is 3.14. The maximum Gasteiger partial charge on any atom is 0.191 e. The maximum absolute atomic E-state index is 14.1. The van der Waals surface area contributed by atoms with E-state index in [1.54, 1.807) is 11.1 Å². The lowest BCUT2D eigenvalue weighted by Gasteiger charge is -2.21. The van der Waals surface area contributed by atoms with Crippen LogP contribution < -0.4 is 20.4 Å². The lowest BCUT2D eigenvalue weighted by atomic mass is 10.2. The first kappa shape index (κ1) is 20.8. The van der Waals surface area contributed by atoms with Crippen LogP contribution in [0, 0.1) is 11.6 Å². The largest absolute Gasteiger partial charge is 0.365 e. The van der Waals surface area contributed by atoms with Gasteiger partial charge in [-0.15, -0.1) is 0 Å². The minimum absolute atomic E-state index is 0.0460. The summed E-state index contributed by atoms with van der Waals surface area (Å²) in [6, 6.07) is 7.93. The number of aromatic nitrogens is 1. The number of nitrogens with zero attached hydrogens (tertiary/aromatic N) is 4. The zero-order valence-electron chi connectivity index (χ0n) is 17.1. The highest BCUT2D eigenvalue weighted by Crippen LogP contribution is 2.26. The Morgan fingerprint density at radius 1 is 1.24 bits per heavy atom. The first-order chi connectivity index (χ1) is 14.0. The van der Waals surface area contributed by atoms with Gasteiger partial charge in [-0.05, 0) is 31.5 Å². The number of nitrogens with one attached hydrogen (secondary N) is 2. The van der Waals surface area contributed by atoms with Crippen LogP contribution in [0.4, 0.5) is 20.3 Å². The maximum atomic E-state index is 14.1. The Labute approximate surface area is 170 Å². The Morgan fingerprint density at radius 2 is 2.00 bits per heavy atom. The second kappa shape index (κ2) is 9.54. The van der Waals surface area contributed by atoms with E-state index in [0.29, 0.717) is 25.6 Å². The van der Waals surface area contributed by atoms with Crippen molar-refractivity contribution >= 4 is 17.5 Å². The number of hydrogen-bond acceptors (Lipinski definition) is 4. The van der Waals surface area contributed by atoms with Gasteiger partial charge in [-0.25, -0.2) is 18.8 Å². The molecule has 1 saturated heterocycles. The van der Waals surface area contributed by atoms with Crippen molar-refractivity contribution in [1.29, 1.82) is 0 Å². The molecule has 0 bridgehead atoms. The molecule has 3 rings (SSSR count). The van der Waals surface area contributed by atoms with Crippen molar-refractivity contribution in [2.45, 2.75) is 25.9 Å². The fourth-order valence-electron chi connectivity index (χ4n) is 3.51. The third-order valence-electron chi connectivity index (χ3n) is 4.83. The number of benzene rings is 1. The van der Waals surface area contributed by atoms with E-state index in [-0.39, 0.29) is 11.7 Å². The Morgan fingerprint density at radius 3 is 2.69 bits per heavy atom. The molecule has 6 nitrogen and oxygen atoms in total. The van der Waals surface area contributed by atoms with Gasteiger partial charge < -0.3 is 20.4 Å². The molecule has 1 aliphatic heterocycles. The molecule has 29 heavy (non-hydrogen) atoms. The van der Waals surface area contributed by atoms with E-state index in [4.69, 9.17) is 0 Å². The molecule has 0 saturated carbocycles. The number of rotatable bonds is 6. The molecule has 156 valence electrons. The zero-order chi connectivity index (χ0) is 20.8. The smallest absolute Gasteiger partial charge is 0.191 e. The molecule has 0 radical (unpaired) electrons. The Bertz CT molecular complexity index is 835. The summed E-state index contributed by atoms with van der Waals surface area (Å²) in [4.78, 5) is 12.8. The van der Waals surface area contributed by atoms with Crippen LogP contribution in [0.1, 0.15) is 18.9 Å². The molecule has 2 heterocycles. The highest BCUT2D eigenvalue weighted by molar-refractivity contribution is 5.80. The number of anilines is 2. The monoisotopic (exact) mass is 402 g/mol. The van der Waals surface area contributed by atoms with Gasteiger partial charge in [-0.1, -0.05) is 12.1 Å². The predicted molar refractivity (Wildman–Crippen MR) is 113 cm³/mol. The summed E-state index contributed by atoms with van der Waals surface area (Å²) in [7, 11) is 3.90. The van der Waals surface area contributed by atoms with E-state index in [2.05, 4.69) is 20.6 Å². The van der Waals surface area contributed by atoms with Crippen molar-refractivity contribution in [1.82, 2.24) is 15.6 Å². The minimum Gasteiger partial charge on any atom is -0.365 e. The van der Waals surface area contributed by atoms with E-state index in [1.165, 1.54) is 18.2 Å². The van der Waals surface area contributed by atoms with Crippen LogP contribution in [0.15, 0.2) is 41.5 Å². The predicted octanol–water partition coefficient (Wildman–Crippen LogP) is 2.76. The van der Waals surface area contributed by atoms with Crippen LogP contribution in [0.25, 0.3) is 0 Å². The fraction of sp³-hybridized carbons (Fsp3) is 0.429. The van der Waals surface area contributed by atoms with Gasteiger partial charge in [0.1, 0.15) is 23.1 Å². The van der Waals surface area contributed by atoms with Gasteiger partial charge in [0.05, 0.1) is 6.54 Å². The van der Waals surface area contributed by atoms with Gasteiger partial charge in [0.15, 0.2) is 5.96 Å². The third-order valence-corrected chi connectivity index (χ3v) is 4.83. The molecule has 1 aliphatic rings. The van der Waals surface area contributed by atoms with E-state index >= 15 is 0 Å². The molecule has 0 spiro atoms. The van der Waals surface area contributed by atoms with Crippen molar-refractivity contribution in [3.05, 3.63) is 53.7 Å². The molecule has 1 unspecified atom stereocenters. The molecular formula is C21H28F2N6. The van der Waals surface area contributed by atoms with Crippen molar-refractivity contribution in [2.75, 3.05) is 43.5 Å². The van der Waals surface area contributed by atoms with Gasteiger partial charge in [0.2, 0.25) is 0 Å². The normalized spacial score (nSPS) is 16.8. The Balaban J connectivity index is 1.68. The van der Waals surface area contributed by atoms with E-state index in [0.717, 1.165) is 24.3 Å². The number of pyridine rings is 1. The number of para-hydroxylation sites is 1. The molecule has 0 amide bonds. The van der Waals surface area contributed by atoms with Gasteiger partial charge in [0.25, 0.3) is 0 Å². The fourth-order valence-corrected chi connectivity index (χ4v) is 3.51. The summed E-state index contributed by atoms with van der Waals surface area (Å²) in [6.07, 6.45) is 2.54. The molecule has 1 aromatic carbocycles. The Hall–Kier alpha value is -2.90. The summed E-state index contributed by atoms with van der Waals surface area (Å²) in [5.41, 5.74) is 1.07.